The van der Waals surface area contributed by atoms with E-state index in [9.17, 15) is 9.59 Å². The number of amides is 2. The fraction of sp³-hybridized carbons (Fsp3) is 0.471. The molecule has 0 aromatic carbocycles. The molecule has 146 valence electrons. The maximum Gasteiger partial charge on any atom is 0.265 e. The van der Waals surface area contributed by atoms with Gasteiger partial charge < -0.3 is 14.8 Å². The zero-order valence-electron chi connectivity index (χ0n) is 16.1. The van der Waals surface area contributed by atoms with Crippen LogP contribution in [0.25, 0.3) is 0 Å². The summed E-state index contributed by atoms with van der Waals surface area (Å²) in [7, 11) is 3.36. The van der Waals surface area contributed by atoms with E-state index in [0.29, 0.717) is 27.4 Å². The average molecular weight is 409 g/mol. The quantitative estimate of drug-likeness (QED) is 0.533. The van der Waals surface area contributed by atoms with Crippen LogP contribution in [0, 0.1) is 6.92 Å². The minimum absolute atomic E-state index is 0.126. The second-order valence-electron chi connectivity index (χ2n) is 6.36. The number of nitrogens with one attached hydrogen (secondary N) is 1. The summed E-state index contributed by atoms with van der Waals surface area (Å²) in [6.07, 6.45) is 1.78. The number of allylic oxidation sites excluding steroid dienone is 1. The maximum absolute atomic E-state index is 12.3. The van der Waals surface area contributed by atoms with Gasteiger partial charge in [0.25, 0.3) is 5.91 Å². The number of nitrogens with zero attached hydrogens (tertiary/aromatic N) is 5. The molecule has 0 bridgehead atoms. The number of thiazole rings is 1. The molecule has 8 nitrogen and oxygen atoms in total. The Kier molecular flexibility index (Phi) is 7.14. The van der Waals surface area contributed by atoms with E-state index in [0.717, 1.165) is 5.82 Å². The van der Waals surface area contributed by atoms with Crippen LogP contribution in [-0.2, 0) is 11.3 Å². The Bertz CT molecular complexity index is 841. The summed E-state index contributed by atoms with van der Waals surface area (Å²) in [5.74, 6) is 0.922. The van der Waals surface area contributed by atoms with E-state index in [1.54, 1.807) is 27.1 Å². The molecule has 0 aliphatic carbocycles. The maximum atomic E-state index is 12.3. The van der Waals surface area contributed by atoms with E-state index in [4.69, 9.17) is 0 Å². The lowest BCUT2D eigenvalue weighted by molar-refractivity contribution is -0.113. The van der Waals surface area contributed by atoms with Gasteiger partial charge in [0.2, 0.25) is 5.91 Å². The van der Waals surface area contributed by atoms with Crippen LogP contribution in [0.1, 0.15) is 41.0 Å². The molecule has 2 rings (SSSR count). The lowest BCUT2D eigenvalue weighted by Gasteiger charge is -2.09. The summed E-state index contributed by atoms with van der Waals surface area (Å²) >= 11 is 2.48. The molecular weight excluding hydrogens is 384 g/mol. The number of hydrogen-bond donors (Lipinski definition) is 1. The second kappa shape index (κ2) is 9.14. The fourth-order valence-corrected chi connectivity index (χ4v) is 4.03. The first kappa shape index (κ1) is 21.1. The van der Waals surface area contributed by atoms with Crippen molar-refractivity contribution < 1.29 is 9.59 Å². The van der Waals surface area contributed by atoms with Gasteiger partial charge in [-0.25, -0.2) is 4.98 Å². The van der Waals surface area contributed by atoms with Crippen LogP contribution in [0.5, 0.6) is 0 Å². The average Bonchev–Trinajstić information content (AvgIpc) is 3.16. The van der Waals surface area contributed by atoms with Crippen LogP contribution in [0.3, 0.4) is 0 Å². The highest BCUT2D eigenvalue weighted by Crippen LogP contribution is 2.25. The van der Waals surface area contributed by atoms with E-state index >= 15 is 0 Å². The van der Waals surface area contributed by atoms with Crippen molar-refractivity contribution in [2.75, 3.05) is 25.2 Å². The molecule has 27 heavy (non-hydrogen) atoms. The predicted molar refractivity (Wildman–Crippen MR) is 109 cm³/mol. The zero-order valence-corrected chi connectivity index (χ0v) is 17.8. The standard InChI is InChI=1S/C17H24N6O2S2/c1-7-8-23-14(10(2)3)20-21-17(23)26-9-12(24)19-16-18-11(4)13(27-16)15(25)22(5)6/h7,10H,1,8-9H2,2-6H3,(H,18,19,24). The SMILES string of the molecule is C=CCn1c(SCC(=O)Nc2nc(C)c(C(=O)N(C)C)s2)nnc1C(C)C. The smallest absolute Gasteiger partial charge is 0.265 e. The highest BCUT2D eigenvalue weighted by molar-refractivity contribution is 7.99. The summed E-state index contributed by atoms with van der Waals surface area (Å²) in [6, 6.07) is 0. The number of anilines is 1. The molecule has 0 unspecified atom stereocenters. The Hall–Kier alpha value is -2.20. The van der Waals surface area contributed by atoms with Crippen LogP contribution >= 0.6 is 23.1 Å². The highest BCUT2D eigenvalue weighted by Gasteiger charge is 2.19. The zero-order chi connectivity index (χ0) is 20.1. The van der Waals surface area contributed by atoms with Crippen molar-refractivity contribution in [2.24, 2.45) is 0 Å². The van der Waals surface area contributed by atoms with E-state index in [-0.39, 0.29) is 23.5 Å². The number of carbonyl (C=O) groups is 2. The third-order valence-electron chi connectivity index (χ3n) is 3.55. The number of hydrogen-bond acceptors (Lipinski definition) is 7. The Balaban J connectivity index is 2.02. The van der Waals surface area contributed by atoms with Gasteiger partial charge in [-0.15, -0.1) is 16.8 Å². The summed E-state index contributed by atoms with van der Waals surface area (Å²) in [5, 5.41) is 12.2. The Morgan fingerprint density at radius 3 is 2.67 bits per heavy atom. The first-order valence-corrected chi connectivity index (χ1v) is 10.2. The normalized spacial score (nSPS) is 10.9. The third-order valence-corrected chi connectivity index (χ3v) is 5.58. The number of aryl methyl sites for hydroxylation is 1. The molecule has 0 atom stereocenters. The number of thioether (sulfide) groups is 1. The van der Waals surface area contributed by atoms with Crippen molar-refractivity contribution in [3.8, 4) is 0 Å². The largest absolute Gasteiger partial charge is 0.344 e. The van der Waals surface area contributed by atoms with Gasteiger partial charge in [-0.3, -0.25) is 9.59 Å². The lowest BCUT2D eigenvalue weighted by Crippen LogP contribution is -2.21. The van der Waals surface area contributed by atoms with Crippen molar-refractivity contribution in [3.63, 3.8) is 0 Å². The number of rotatable bonds is 8. The Labute approximate surface area is 167 Å². The van der Waals surface area contributed by atoms with Crippen molar-refractivity contribution in [1.82, 2.24) is 24.6 Å². The van der Waals surface area contributed by atoms with E-state index in [1.807, 2.05) is 18.4 Å². The Morgan fingerprint density at radius 2 is 2.07 bits per heavy atom. The first-order valence-electron chi connectivity index (χ1n) is 8.40. The predicted octanol–water partition coefficient (Wildman–Crippen LogP) is 2.79. The van der Waals surface area contributed by atoms with Crippen LogP contribution in [0.2, 0.25) is 0 Å². The van der Waals surface area contributed by atoms with Gasteiger partial charge in [0, 0.05) is 26.6 Å². The van der Waals surface area contributed by atoms with Gasteiger partial charge in [0.05, 0.1) is 11.4 Å². The highest BCUT2D eigenvalue weighted by atomic mass is 32.2. The van der Waals surface area contributed by atoms with Gasteiger partial charge in [0.1, 0.15) is 10.7 Å². The van der Waals surface area contributed by atoms with Gasteiger partial charge in [0.15, 0.2) is 10.3 Å². The van der Waals surface area contributed by atoms with Crippen LogP contribution in [0.4, 0.5) is 5.13 Å². The molecule has 0 spiro atoms. The van der Waals surface area contributed by atoms with Gasteiger partial charge in [-0.05, 0) is 6.92 Å². The molecule has 2 aromatic rings. The van der Waals surface area contributed by atoms with Gasteiger partial charge in [-0.2, -0.15) is 0 Å². The van der Waals surface area contributed by atoms with E-state index in [2.05, 4.69) is 27.1 Å². The molecule has 0 fully saturated rings. The summed E-state index contributed by atoms with van der Waals surface area (Å²) in [5.41, 5.74) is 0.606. The molecule has 0 saturated heterocycles. The summed E-state index contributed by atoms with van der Waals surface area (Å²) in [6.45, 7) is 10.2. The van der Waals surface area contributed by atoms with Gasteiger partial charge in [-0.1, -0.05) is 43.0 Å². The molecular formula is C17H24N6O2S2. The molecule has 1 N–H and O–H groups in total. The minimum Gasteiger partial charge on any atom is -0.344 e. The Morgan fingerprint density at radius 1 is 1.37 bits per heavy atom. The molecule has 0 saturated carbocycles. The van der Waals surface area contributed by atoms with Gasteiger partial charge >= 0.3 is 0 Å². The van der Waals surface area contributed by atoms with Crippen molar-refractivity contribution in [2.45, 2.75) is 38.4 Å². The number of aromatic nitrogens is 4. The van der Waals surface area contributed by atoms with Crippen molar-refractivity contribution in [1.29, 1.82) is 0 Å². The second-order valence-corrected chi connectivity index (χ2v) is 8.31. The van der Waals surface area contributed by atoms with E-state index < -0.39 is 0 Å². The molecule has 10 heteroatoms. The van der Waals surface area contributed by atoms with Crippen molar-refractivity contribution in [3.05, 3.63) is 29.1 Å². The molecule has 0 aliphatic rings. The van der Waals surface area contributed by atoms with Crippen LogP contribution in [-0.4, -0.2) is 56.3 Å². The molecule has 0 aliphatic heterocycles. The molecule has 2 amide bonds. The monoisotopic (exact) mass is 408 g/mol. The molecule has 0 radical (unpaired) electrons. The minimum atomic E-state index is -0.211. The first-order chi connectivity index (χ1) is 12.7. The van der Waals surface area contributed by atoms with Crippen molar-refractivity contribution >= 4 is 40.0 Å². The summed E-state index contributed by atoms with van der Waals surface area (Å²) < 4.78 is 1.96. The number of carbonyl (C=O) groups excluding carboxylic acids is 2. The summed E-state index contributed by atoms with van der Waals surface area (Å²) in [4.78, 5) is 30.6. The topological polar surface area (TPSA) is 93.0 Å². The lowest BCUT2D eigenvalue weighted by atomic mass is 10.2. The van der Waals surface area contributed by atoms with Crippen LogP contribution < -0.4 is 5.32 Å². The third kappa shape index (κ3) is 5.16. The fourth-order valence-electron chi connectivity index (χ4n) is 2.27. The molecule has 2 heterocycles. The van der Waals surface area contributed by atoms with Crippen LogP contribution in [0.15, 0.2) is 17.8 Å². The van der Waals surface area contributed by atoms with E-state index in [1.165, 1.54) is 28.0 Å². The molecule has 2 aromatic heterocycles.